The normalized spacial score (nSPS) is 13.1. The van der Waals surface area contributed by atoms with E-state index in [1.165, 1.54) is 11.3 Å². The summed E-state index contributed by atoms with van der Waals surface area (Å²) in [6.07, 6.45) is -0.699. The lowest BCUT2D eigenvalue weighted by Crippen LogP contribution is -2.38. The number of carbonyl (C=O) groups excluding carboxylic acids is 1. The minimum atomic E-state index is -0.950. The molecule has 2 atom stereocenters. The first-order valence-corrected chi connectivity index (χ1v) is 9.14. The molecule has 2 amide bonds. The minimum Gasteiger partial charge on any atom is -0.382 e. The molecule has 0 saturated heterocycles. The number of hydrogen-bond acceptors (Lipinski definition) is 5. The summed E-state index contributed by atoms with van der Waals surface area (Å²) in [4.78, 5) is 13.3. The Morgan fingerprint density at radius 2 is 1.96 bits per heavy atom. The van der Waals surface area contributed by atoms with E-state index in [9.17, 15) is 15.1 Å². The molecule has 0 saturated carbocycles. The van der Waals surface area contributed by atoms with Gasteiger partial charge >= 0.3 is 6.03 Å². The van der Waals surface area contributed by atoms with Gasteiger partial charge in [0, 0.05) is 14.5 Å². The van der Waals surface area contributed by atoms with Gasteiger partial charge in [-0.05, 0) is 36.6 Å². The molecule has 128 valence electrons. The van der Waals surface area contributed by atoms with Crippen molar-refractivity contribution in [2.45, 2.75) is 19.1 Å². The summed E-state index contributed by atoms with van der Waals surface area (Å²) in [5, 5.41) is 21.5. The molecule has 5 nitrogen and oxygen atoms in total. The van der Waals surface area contributed by atoms with E-state index in [0.717, 1.165) is 24.7 Å². The Morgan fingerprint density at radius 1 is 1.20 bits per heavy atom. The second kappa shape index (κ2) is 7.25. The number of benzene rings is 1. The van der Waals surface area contributed by atoms with Crippen LogP contribution in [0.5, 0.6) is 0 Å². The smallest absolute Gasteiger partial charge is 0.339 e. The first kappa shape index (κ1) is 17.5. The third-order valence-corrected chi connectivity index (χ3v) is 5.83. The molecule has 0 aliphatic rings. The molecule has 0 aliphatic carbocycles. The van der Waals surface area contributed by atoms with Crippen LogP contribution in [0, 0.1) is 11.8 Å². The minimum absolute atomic E-state index is 0.383. The number of urea groups is 1. The summed E-state index contributed by atoms with van der Waals surface area (Å²) < 4.78 is 1.14. The van der Waals surface area contributed by atoms with Crippen LogP contribution < -0.4 is 5.73 Å². The van der Waals surface area contributed by atoms with E-state index in [2.05, 4.69) is 11.8 Å². The fraction of sp³-hybridized carbons (Fsp3) is 0.167. The summed E-state index contributed by atoms with van der Waals surface area (Å²) in [5.74, 6) is 5.63. The zero-order valence-corrected chi connectivity index (χ0v) is 15.0. The van der Waals surface area contributed by atoms with Gasteiger partial charge in [-0.1, -0.05) is 30.0 Å². The maximum atomic E-state index is 10.9. The van der Waals surface area contributed by atoms with Gasteiger partial charge in [-0.3, -0.25) is 5.21 Å². The van der Waals surface area contributed by atoms with E-state index in [1.807, 2.05) is 42.5 Å². The van der Waals surface area contributed by atoms with Crippen molar-refractivity contribution in [2.24, 2.45) is 5.73 Å². The van der Waals surface area contributed by atoms with Gasteiger partial charge in [0.25, 0.3) is 0 Å². The van der Waals surface area contributed by atoms with Gasteiger partial charge in [0.1, 0.15) is 12.1 Å². The molecule has 0 radical (unpaired) electrons. The summed E-state index contributed by atoms with van der Waals surface area (Å²) in [6, 6.07) is 12.0. The first-order valence-electron chi connectivity index (χ1n) is 7.51. The van der Waals surface area contributed by atoms with Gasteiger partial charge in [-0.25, -0.2) is 4.79 Å². The van der Waals surface area contributed by atoms with Crippen molar-refractivity contribution in [3.63, 3.8) is 0 Å². The number of fused-ring (bicyclic) bond motifs is 1. The van der Waals surface area contributed by atoms with Gasteiger partial charge in [-0.15, -0.1) is 22.7 Å². The number of nitrogens with zero attached hydrogens (tertiary/aromatic N) is 1. The Balaban J connectivity index is 1.78. The average Bonchev–Trinajstić information content (AvgIpc) is 3.24. The highest BCUT2D eigenvalue weighted by atomic mass is 32.1. The number of aliphatic hydroxyl groups is 1. The molecule has 7 heteroatoms. The predicted octanol–water partition coefficient (Wildman–Crippen LogP) is 3.55. The van der Waals surface area contributed by atoms with Gasteiger partial charge in [0.15, 0.2) is 0 Å². The Kier molecular flexibility index (Phi) is 5.06. The number of carbonyl (C=O) groups is 1. The SMILES string of the molecule is CC(C#Cc1ccc(C(O)c2cc3ccccc3s2)s1)N(O)C(N)=O. The highest BCUT2D eigenvalue weighted by Crippen LogP contribution is 2.35. The van der Waals surface area contributed by atoms with Crippen LogP contribution in [0.3, 0.4) is 0 Å². The highest BCUT2D eigenvalue weighted by molar-refractivity contribution is 7.19. The van der Waals surface area contributed by atoms with Crippen LogP contribution in [-0.2, 0) is 0 Å². The molecule has 2 aromatic heterocycles. The summed E-state index contributed by atoms with van der Waals surface area (Å²) in [6.45, 7) is 1.57. The highest BCUT2D eigenvalue weighted by Gasteiger charge is 2.16. The van der Waals surface area contributed by atoms with Crippen LogP contribution in [0.2, 0.25) is 0 Å². The lowest BCUT2D eigenvalue weighted by Gasteiger charge is -2.14. The number of amides is 2. The first-order chi connectivity index (χ1) is 12.0. The molecule has 0 aliphatic heterocycles. The van der Waals surface area contributed by atoms with Crippen molar-refractivity contribution in [1.29, 1.82) is 0 Å². The molecule has 0 bridgehead atoms. The van der Waals surface area contributed by atoms with E-state index in [4.69, 9.17) is 5.73 Å². The van der Waals surface area contributed by atoms with Crippen LogP contribution in [0.4, 0.5) is 4.79 Å². The van der Waals surface area contributed by atoms with Crippen molar-refractivity contribution >= 4 is 38.8 Å². The van der Waals surface area contributed by atoms with Crippen LogP contribution in [0.25, 0.3) is 10.1 Å². The number of rotatable bonds is 3. The van der Waals surface area contributed by atoms with E-state index in [-0.39, 0.29) is 0 Å². The summed E-state index contributed by atoms with van der Waals surface area (Å²) in [7, 11) is 0. The van der Waals surface area contributed by atoms with Crippen molar-refractivity contribution < 1.29 is 15.1 Å². The molecular formula is C18H16N2O3S2. The van der Waals surface area contributed by atoms with Gasteiger partial charge in [-0.2, -0.15) is 5.06 Å². The fourth-order valence-corrected chi connectivity index (χ4v) is 4.29. The maximum absolute atomic E-state index is 10.9. The fourth-order valence-electron chi connectivity index (χ4n) is 2.27. The number of hydrogen-bond donors (Lipinski definition) is 3. The van der Waals surface area contributed by atoms with Crippen LogP contribution >= 0.6 is 22.7 Å². The van der Waals surface area contributed by atoms with E-state index < -0.39 is 18.2 Å². The zero-order valence-electron chi connectivity index (χ0n) is 13.3. The Morgan fingerprint density at radius 3 is 2.68 bits per heavy atom. The van der Waals surface area contributed by atoms with Gasteiger partial charge < -0.3 is 10.8 Å². The lowest BCUT2D eigenvalue weighted by atomic mass is 10.2. The number of hydroxylamine groups is 2. The van der Waals surface area contributed by atoms with Crippen molar-refractivity contribution in [3.8, 4) is 11.8 Å². The van der Waals surface area contributed by atoms with Crippen molar-refractivity contribution in [3.05, 3.63) is 57.1 Å². The second-order valence-electron chi connectivity index (χ2n) is 5.42. The molecule has 0 spiro atoms. The predicted molar refractivity (Wildman–Crippen MR) is 99.8 cm³/mol. The number of primary amides is 1. The molecule has 2 unspecified atom stereocenters. The van der Waals surface area contributed by atoms with Gasteiger partial charge in [0.2, 0.25) is 0 Å². The number of aliphatic hydroxyl groups excluding tert-OH is 1. The van der Waals surface area contributed by atoms with Crippen LogP contribution in [0.1, 0.15) is 27.7 Å². The molecule has 3 rings (SSSR count). The van der Waals surface area contributed by atoms with E-state index >= 15 is 0 Å². The maximum Gasteiger partial charge on any atom is 0.339 e. The Hall–Kier alpha value is -2.37. The molecule has 0 fully saturated rings. The lowest BCUT2D eigenvalue weighted by molar-refractivity contribution is -0.0536. The molecular weight excluding hydrogens is 356 g/mol. The Labute approximate surface area is 152 Å². The van der Waals surface area contributed by atoms with E-state index in [1.54, 1.807) is 18.3 Å². The molecule has 4 N–H and O–H groups in total. The second-order valence-corrected chi connectivity index (χ2v) is 7.65. The standard InChI is InChI=1S/C18H16N2O3S2/c1-11(20(23)18(19)22)6-7-13-8-9-15(24-13)17(21)16-10-12-4-2-3-5-14(12)25-16/h2-5,8-11,17,21,23H,1H3,(H2,19,22). The molecule has 1 aromatic carbocycles. The summed E-state index contributed by atoms with van der Waals surface area (Å²) >= 11 is 2.94. The topological polar surface area (TPSA) is 86.8 Å². The third-order valence-electron chi connectivity index (χ3n) is 3.61. The van der Waals surface area contributed by atoms with Crippen LogP contribution in [0.15, 0.2) is 42.5 Å². The van der Waals surface area contributed by atoms with E-state index in [0.29, 0.717) is 5.06 Å². The van der Waals surface area contributed by atoms with Crippen LogP contribution in [-0.4, -0.2) is 27.4 Å². The Bertz CT molecular complexity index is 934. The number of thiophene rings is 2. The largest absolute Gasteiger partial charge is 0.382 e. The molecule has 25 heavy (non-hydrogen) atoms. The zero-order chi connectivity index (χ0) is 18.0. The molecule has 2 heterocycles. The monoisotopic (exact) mass is 372 g/mol. The molecule has 3 aromatic rings. The average molecular weight is 372 g/mol. The summed E-state index contributed by atoms with van der Waals surface area (Å²) in [5.41, 5.74) is 4.99. The van der Waals surface area contributed by atoms with Crippen molar-refractivity contribution in [2.75, 3.05) is 0 Å². The quantitative estimate of drug-likeness (QED) is 0.373. The van der Waals surface area contributed by atoms with Crippen molar-refractivity contribution in [1.82, 2.24) is 5.06 Å². The third kappa shape index (κ3) is 3.83. The number of nitrogens with two attached hydrogens (primary N) is 1. The van der Waals surface area contributed by atoms with Gasteiger partial charge in [0.05, 0.1) is 4.88 Å².